The van der Waals surface area contributed by atoms with E-state index in [0.717, 1.165) is 18.5 Å². The molecule has 1 aliphatic rings. The molecule has 1 rings (SSSR count). The van der Waals surface area contributed by atoms with E-state index in [4.69, 9.17) is 0 Å². The van der Waals surface area contributed by atoms with Crippen LogP contribution in [0.15, 0.2) is 58.9 Å². The van der Waals surface area contributed by atoms with Gasteiger partial charge in [0.1, 0.15) is 0 Å². The fraction of sp³-hybridized carbons (Fsp3) is 0.375. The zero-order chi connectivity index (χ0) is 12.8. The number of rotatable bonds is 2. The average Bonchev–Trinajstić information content (AvgIpc) is 2.32. The molecule has 17 heavy (non-hydrogen) atoms. The van der Waals surface area contributed by atoms with Crippen LogP contribution >= 0.6 is 0 Å². The van der Waals surface area contributed by atoms with Gasteiger partial charge in [0.05, 0.1) is 0 Å². The molecule has 0 radical (unpaired) electrons. The fourth-order valence-corrected chi connectivity index (χ4v) is 1.67. The van der Waals surface area contributed by atoms with Gasteiger partial charge in [0.15, 0.2) is 0 Å². The van der Waals surface area contributed by atoms with Crippen molar-refractivity contribution in [2.45, 2.75) is 34.1 Å². The quantitative estimate of drug-likeness (QED) is 0.697. The molecule has 0 aromatic rings. The molecule has 1 aliphatic heterocycles. The zero-order valence-electron chi connectivity index (χ0n) is 11.4. The standard InChI is InChI=1S/C16H23N/c1-12(2)6-9-16-10-13(3)7-8-15(5)17-11-14(16)4/h6-9,17H,1,10-11H2,2-5H3/b9-6-,13-7+,15-8-,16-14-. The van der Waals surface area contributed by atoms with Crippen molar-refractivity contribution in [3.05, 3.63) is 58.9 Å². The molecule has 0 aromatic carbocycles. The van der Waals surface area contributed by atoms with Gasteiger partial charge in [-0.1, -0.05) is 41.5 Å². The van der Waals surface area contributed by atoms with Crippen molar-refractivity contribution in [2.75, 3.05) is 6.54 Å². The molecule has 0 aromatic heterocycles. The molecule has 0 aliphatic carbocycles. The van der Waals surface area contributed by atoms with E-state index < -0.39 is 0 Å². The lowest BCUT2D eigenvalue weighted by molar-refractivity contribution is 0.861. The maximum absolute atomic E-state index is 3.91. The van der Waals surface area contributed by atoms with Crippen molar-refractivity contribution in [3.8, 4) is 0 Å². The molecule has 1 nitrogen and oxygen atoms in total. The van der Waals surface area contributed by atoms with Crippen LogP contribution < -0.4 is 5.32 Å². The summed E-state index contributed by atoms with van der Waals surface area (Å²) in [7, 11) is 0. The molecule has 0 saturated heterocycles. The molecule has 92 valence electrons. The Morgan fingerprint density at radius 3 is 2.65 bits per heavy atom. The van der Waals surface area contributed by atoms with Crippen LogP contribution in [0.25, 0.3) is 0 Å². The third kappa shape index (κ3) is 4.90. The molecular formula is C16H23N. The highest BCUT2D eigenvalue weighted by Gasteiger charge is 2.03. The number of allylic oxidation sites excluding steroid dienone is 8. The van der Waals surface area contributed by atoms with Crippen molar-refractivity contribution in [3.63, 3.8) is 0 Å². The second-order valence-electron chi connectivity index (χ2n) is 4.88. The van der Waals surface area contributed by atoms with Gasteiger partial charge in [0, 0.05) is 12.2 Å². The van der Waals surface area contributed by atoms with E-state index in [2.05, 4.69) is 57.0 Å². The Morgan fingerprint density at radius 2 is 2.00 bits per heavy atom. The second-order valence-corrected chi connectivity index (χ2v) is 4.88. The molecule has 0 amide bonds. The first-order valence-corrected chi connectivity index (χ1v) is 6.09. The van der Waals surface area contributed by atoms with Gasteiger partial charge in [-0.05, 0) is 45.8 Å². The van der Waals surface area contributed by atoms with Crippen molar-refractivity contribution >= 4 is 0 Å². The van der Waals surface area contributed by atoms with Crippen molar-refractivity contribution < 1.29 is 0 Å². The monoisotopic (exact) mass is 229 g/mol. The summed E-state index contributed by atoms with van der Waals surface area (Å²) in [5.74, 6) is 0. The Kier molecular flexibility index (Phi) is 5.02. The number of hydrogen-bond acceptors (Lipinski definition) is 1. The van der Waals surface area contributed by atoms with E-state index in [9.17, 15) is 0 Å². The topological polar surface area (TPSA) is 12.0 Å². The van der Waals surface area contributed by atoms with Crippen LogP contribution in [0.1, 0.15) is 34.1 Å². The summed E-state index contributed by atoms with van der Waals surface area (Å²) in [6.45, 7) is 13.3. The lowest BCUT2D eigenvalue weighted by atomic mass is 10.0. The summed E-state index contributed by atoms with van der Waals surface area (Å²) in [4.78, 5) is 0. The van der Waals surface area contributed by atoms with Gasteiger partial charge in [0.25, 0.3) is 0 Å². The van der Waals surface area contributed by atoms with Gasteiger partial charge in [-0.2, -0.15) is 0 Å². The molecule has 0 unspecified atom stereocenters. The Balaban J connectivity index is 2.98. The van der Waals surface area contributed by atoms with E-state index in [0.29, 0.717) is 0 Å². The summed E-state index contributed by atoms with van der Waals surface area (Å²) < 4.78 is 0. The van der Waals surface area contributed by atoms with Gasteiger partial charge in [0.2, 0.25) is 0 Å². The molecular weight excluding hydrogens is 206 g/mol. The molecule has 1 heterocycles. The molecule has 0 bridgehead atoms. The summed E-state index contributed by atoms with van der Waals surface area (Å²) in [5, 5.41) is 3.41. The third-order valence-corrected chi connectivity index (χ3v) is 2.84. The fourth-order valence-electron chi connectivity index (χ4n) is 1.67. The Hall–Kier alpha value is -1.50. The highest BCUT2D eigenvalue weighted by Crippen LogP contribution is 2.18. The van der Waals surface area contributed by atoms with Gasteiger partial charge < -0.3 is 5.32 Å². The lowest BCUT2D eigenvalue weighted by Crippen LogP contribution is -2.14. The van der Waals surface area contributed by atoms with Crippen LogP contribution in [0.3, 0.4) is 0 Å². The molecule has 0 saturated carbocycles. The number of nitrogens with one attached hydrogen (secondary N) is 1. The van der Waals surface area contributed by atoms with E-state index >= 15 is 0 Å². The minimum atomic E-state index is 0.916. The maximum Gasteiger partial charge on any atom is 0.0360 e. The minimum Gasteiger partial charge on any atom is -0.385 e. The molecule has 1 heteroatoms. The predicted molar refractivity (Wildman–Crippen MR) is 76.8 cm³/mol. The summed E-state index contributed by atoms with van der Waals surface area (Å²) in [5.41, 5.74) is 6.47. The minimum absolute atomic E-state index is 0.916. The smallest absolute Gasteiger partial charge is 0.0360 e. The first kappa shape index (κ1) is 13.6. The molecule has 0 atom stereocenters. The lowest BCUT2D eigenvalue weighted by Gasteiger charge is -2.10. The SMILES string of the molecule is C=C(C)/C=C\C1=C(/C)CN/C(C)=C\C=C(/C)C1. The summed E-state index contributed by atoms with van der Waals surface area (Å²) in [6, 6.07) is 0. The Bertz CT molecular complexity index is 417. The normalized spacial score (nSPS) is 28.2. The average molecular weight is 229 g/mol. The highest BCUT2D eigenvalue weighted by molar-refractivity contribution is 5.35. The van der Waals surface area contributed by atoms with Gasteiger partial charge >= 0.3 is 0 Å². The first-order valence-electron chi connectivity index (χ1n) is 6.09. The van der Waals surface area contributed by atoms with Gasteiger partial charge in [-0.3, -0.25) is 0 Å². The highest BCUT2D eigenvalue weighted by atomic mass is 14.9. The van der Waals surface area contributed by atoms with E-state index in [1.54, 1.807) is 0 Å². The first-order chi connectivity index (χ1) is 7.99. The third-order valence-electron chi connectivity index (χ3n) is 2.84. The van der Waals surface area contributed by atoms with E-state index in [-0.39, 0.29) is 0 Å². The summed E-state index contributed by atoms with van der Waals surface area (Å²) in [6.07, 6.45) is 9.63. The number of hydrogen-bond donors (Lipinski definition) is 1. The largest absolute Gasteiger partial charge is 0.385 e. The van der Waals surface area contributed by atoms with Crippen LogP contribution in [-0.4, -0.2) is 6.54 Å². The van der Waals surface area contributed by atoms with Crippen LogP contribution in [0.4, 0.5) is 0 Å². The van der Waals surface area contributed by atoms with Crippen LogP contribution in [0.2, 0.25) is 0 Å². The van der Waals surface area contributed by atoms with Crippen molar-refractivity contribution in [1.29, 1.82) is 0 Å². The molecule has 1 N–H and O–H groups in total. The van der Waals surface area contributed by atoms with Crippen molar-refractivity contribution in [2.24, 2.45) is 0 Å². The van der Waals surface area contributed by atoms with E-state index in [1.165, 1.54) is 22.4 Å². The van der Waals surface area contributed by atoms with Crippen LogP contribution in [0, 0.1) is 0 Å². The molecule has 0 fully saturated rings. The summed E-state index contributed by atoms with van der Waals surface area (Å²) >= 11 is 0. The van der Waals surface area contributed by atoms with Gasteiger partial charge in [-0.25, -0.2) is 0 Å². The maximum atomic E-state index is 3.91. The van der Waals surface area contributed by atoms with Crippen molar-refractivity contribution in [1.82, 2.24) is 5.32 Å². The second kappa shape index (κ2) is 6.29. The molecule has 0 spiro atoms. The van der Waals surface area contributed by atoms with Gasteiger partial charge in [-0.15, -0.1) is 0 Å². The Labute approximate surface area is 105 Å². The van der Waals surface area contributed by atoms with E-state index in [1.807, 2.05) is 6.92 Å². The van der Waals surface area contributed by atoms with Crippen LogP contribution in [0.5, 0.6) is 0 Å². The predicted octanol–water partition coefficient (Wildman–Crippen LogP) is 4.28. The zero-order valence-corrected chi connectivity index (χ0v) is 11.4. The van der Waals surface area contributed by atoms with Crippen LogP contribution in [-0.2, 0) is 0 Å². The Morgan fingerprint density at radius 1 is 1.29 bits per heavy atom.